The van der Waals surface area contributed by atoms with Gasteiger partial charge in [-0.2, -0.15) is 16.7 Å². The molecule has 1 aliphatic heterocycles. The van der Waals surface area contributed by atoms with E-state index >= 15 is 0 Å². The highest BCUT2D eigenvalue weighted by atomic mass is 32.2. The van der Waals surface area contributed by atoms with Crippen LogP contribution in [-0.2, 0) is 15.0 Å². The first kappa shape index (κ1) is 27.3. The molecule has 3 N–H and O–H groups in total. The fourth-order valence-electron chi connectivity index (χ4n) is 5.07. The third-order valence-electron chi connectivity index (χ3n) is 7.24. The highest BCUT2D eigenvalue weighted by Gasteiger charge is 2.56. The Morgan fingerprint density at radius 1 is 1.23 bits per heavy atom. The number of phenols is 2. The molecule has 0 fully saturated rings. The Balaban J connectivity index is 1.57. The van der Waals surface area contributed by atoms with Gasteiger partial charge in [0.05, 0.1) is 17.4 Å². The lowest BCUT2D eigenvalue weighted by Crippen LogP contribution is -2.41. The predicted octanol–water partition coefficient (Wildman–Crippen LogP) is 4.30. The molecule has 0 amide bonds. The number of ketones is 3. The normalized spacial score (nSPS) is 20.0. The van der Waals surface area contributed by atoms with Crippen molar-refractivity contribution in [3.63, 3.8) is 0 Å². The molecule has 2 atom stereocenters. The van der Waals surface area contributed by atoms with Crippen molar-refractivity contribution in [1.82, 2.24) is 15.5 Å². The molecule has 1 aliphatic carbocycles. The second-order valence-corrected chi connectivity index (χ2v) is 10.8. The Morgan fingerprint density at radius 2 is 1.98 bits per heavy atom. The van der Waals surface area contributed by atoms with Crippen LogP contribution < -0.4 is 10.1 Å². The van der Waals surface area contributed by atoms with E-state index in [4.69, 9.17) is 13.7 Å². The van der Waals surface area contributed by atoms with E-state index in [1.54, 1.807) is 30.8 Å². The zero-order valence-corrected chi connectivity index (χ0v) is 23.3. The number of carbonyl (C=O) groups excluding carboxylic acids is 3. The van der Waals surface area contributed by atoms with Crippen LogP contribution >= 0.6 is 11.8 Å². The lowest BCUT2D eigenvalue weighted by atomic mass is 9.70. The topological polar surface area (TPSA) is 165 Å². The minimum atomic E-state index is -1.61. The van der Waals surface area contributed by atoms with Crippen molar-refractivity contribution in [2.45, 2.75) is 45.6 Å². The maximum atomic E-state index is 14.1. The summed E-state index contributed by atoms with van der Waals surface area (Å²) in [5.41, 5.74) is -1.59. The van der Waals surface area contributed by atoms with Gasteiger partial charge in [0.2, 0.25) is 11.7 Å². The summed E-state index contributed by atoms with van der Waals surface area (Å²) in [7, 11) is 0. The van der Waals surface area contributed by atoms with Crippen molar-refractivity contribution in [2.75, 3.05) is 12.0 Å². The number of benzene rings is 1. The summed E-state index contributed by atoms with van der Waals surface area (Å²) in [5, 5.41) is 28.8. The van der Waals surface area contributed by atoms with Crippen LogP contribution in [0.4, 0.5) is 0 Å². The van der Waals surface area contributed by atoms with Gasteiger partial charge in [-0.1, -0.05) is 5.16 Å². The zero-order chi connectivity index (χ0) is 28.9. The number of allylic oxidation sites excluding steroid dienone is 4. The number of phenolic OH excluding ortho intramolecular Hbond substituents is 2. The standard InChI is InChI=1S/C28H27N3O8S/c1-12-22(34)20(14(3)32)24-21(23(12)35)28(4)18(38-24)11-16(33)19(25(28)36)13(2)29-15(8-10-40-5)27-30-26(31-39-27)17-7-6-9-37-17/h6-7,9,11,15,29,34-35H,8,10H2,1-5H3/t15?,28-/m0/s1. The second kappa shape index (κ2) is 10.0. The lowest BCUT2D eigenvalue weighted by molar-refractivity contribution is -0.123. The van der Waals surface area contributed by atoms with Gasteiger partial charge in [-0.25, -0.2) is 0 Å². The highest BCUT2D eigenvalue weighted by molar-refractivity contribution is 7.98. The number of rotatable bonds is 8. The Bertz CT molecular complexity index is 1620. The Hall–Kier alpha value is -4.32. The Labute approximate surface area is 233 Å². The Kier molecular flexibility index (Phi) is 6.82. The minimum absolute atomic E-state index is 0.0287. The molecule has 1 unspecified atom stereocenters. The van der Waals surface area contributed by atoms with Gasteiger partial charge < -0.3 is 29.2 Å². The SMILES string of the molecule is CSCCC(NC(C)=C1C(=O)C=C2Oc3c(C(C)=O)c(O)c(C)c(O)c3[C@@]2(C)C1=O)c1nc(-c2ccco2)no1. The molecule has 1 aromatic carbocycles. The lowest BCUT2D eigenvalue weighted by Gasteiger charge is -2.29. The number of nitrogens with one attached hydrogen (secondary N) is 1. The molecule has 0 bridgehead atoms. The fourth-order valence-corrected chi connectivity index (χ4v) is 5.54. The number of furan rings is 1. The summed E-state index contributed by atoms with van der Waals surface area (Å²) in [6.45, 7) is 5.79. The summed E-state index contributed by atoms with van der Waals surface area (Å²) in [5.74, 6) is -1.07. The van der Waals surface area contributed by atoms with Crippen LogP contribution in [0.1, 0.15) is 60.6 Å². The van der Waals surface area contributed by atoms with Crippen LogP contribution in [0.25, 0.3) is 11.6 Å². The average molecular weight is 566 g/mol. The van der Waals surface area contributed by atoms with Crippen molar-refractivity contribution in [2.24, 2.45) is 0 Å². The van der Waals surface area contributed by atoms with Crippen molar-refractivity contribution in [3.8, 4) is 28.8 Å². The smallest absolute Gasteiger partial charge is 0.249 e. The molecule has 3 heterocycles. The van der Waals surface area contributed by atoms with E-state index in [1.807, 2.05) is 6.26 Å². The third kappa shape index (κ3) is 4.10. The van der Waals surface area contributed by atoms with E-state index in [1.165, 1.54) is 33.1 Å². The van der Waals surface area contributed by atoms with Crippen LogP contribution in [0.5, 0.6) is 17.2 Å². The van der Waals surface area contributed by atoms with Crippen molar-refractivity contribution in [3.05, 3.63) is 64.1 Å². The van der Waals surface area contributed by atoms with Gasteiger partial charge >= 0.3 is 0 Å². The number of ether oxygens (including phenoxy) is 1. The number of nitrogens with zero attached hydrogens (tertiary/aromatic N) is 2. The first-order valence-corrected chi connectivity index (χ1v) is 13.8. The highest BCUT2D eigenvalue weighted by Crippen LogP contribution is 2.57. The van der Waals surface area contributed by atoms with Gasteiger partial charge in [0.1, 0.15) is 40.0 Å². The van der Waals surface area contributed by atoms with Gasteiger partial charge in [-0.15, -0.1) is 0 Å². The number of Topliss-reactive ketones (excluding diaryl/α,β-unsaturated/α-hetero) is 2. The molecule has 0 saturated heterocycles. The first-order valence-electron chi connectivity index (χ1n) is 12.4. The number of thioether (sulfide) groups is 1. The minimum Gasteiger partial charge on any atom is -0.507 e. The van der Waals surface area contributed by atoms with E-state index < -0.39 is 34.6 Å². The molecule has 208 valence electrons. The number of aromatic nitrogens is 2. The molecule has 2 aromatic heterocycles. The molecule has 0 saturated carbocycles. The zero-order valence-electron chi connectivity index (χ0n) is 22.4. The largest absolute Gasteiger partial charge is 0.507 e. The van der Waals surface area contributed by atoms with Crippen LogP contribution in [0.15, 0.2) is 50.4 Å². The molecule has 0 spiro atoms. The van der Waals surface area contributed by atoms with E-state index in [0.29, 0.717) is 17.9 Å². The molecule has 11 nitrogen and oxygen atoms in total. The number of carbonyl (C=O) groups is 3. The van der Waals surface area contributed by atoms with Gasteiger partial charge in [0.15, 0.2) is 23.1 Å². The van der Waals surface area contributed by atoms with Gasteiger partial charge in [-0.3, -0.25) is 14.4 Å². The van der Waals surface area contributed by atoms with Crippen LogP contribution in [0.2, 0.25) is 0 Å². The fraction of sp³-hybridized carbons (Fsp3) is 0.321. The van der Waals surface area contributed by atoms with E-state index in [2.05, 4.69) is 15.5 Å². The van der Waals surface area contributed by atoms with E-state index in [9.17, 15) is 24.6 Å². The number of aromatic hydroxyl groups is 2. The number of fused-ring (bicyclic) bond motifs is 3. The van der Waals surface area contributed by atoms with Crippen molar-refractivity contribution >= 4 is 29.1 Å². The summed E-state index contributed by atoms with van der Waals surface area (Å²) in [4.78, 5) is 44.2. The van der Waals surface area contributed by atoms with Crippen molar-refractivity contribution < 1.29 is 38.3 Å². The maximum absolute atomic E-state index is 14.1. The van der Waals surface area contributed by atoms with Gasteiger partial charge in [0.25, 0.3) is 0 Å². The molecular weight excluding hydrogens is 538 g/mol. The summed E-state index contributed by atoms with van der Waals surface area (Å²) in [6.07, 6.45) is 5.16. The molecule has 40 heavy (non-hydrogen) atoms. The van der Waals surface area contributed by atoms with Crippen molar-refractivity contribution in [1.29, 1.82) is 0 Å². The number of hydrogen-bond acceptors (Lipinski definition) is 12. The summed E-state index contributed by atoms with van der Waals surface area (Å²) >= 11 is 1.60. The number of hydrogen-bond donors (Lipinski definition) is 3. The quantitative estimate of drug-likeness (QED) is 0.202. The molecule has 5 rings (SSSR count). The van der Waals surface area contributed by atoms with Crippen LogP contribution in [0.3, 0.4) is 0 Å². The van der Waals surface area contributed by atoms with E-state index in [-0.39, 0.29) is 56.9 Å². The van der Waals surface area contributed by atoms with Crippen LogP contribution in [0, 0.1) is 6.92 Å². The summed E-state index contributed by atoms with van der Waals surface area (Å²) in [6, 6.07) is 2.88. The molecular formula is C28H27N3O8S. The van der Waals surface area contributed by atoms with Crippen LogP contribution in [-0.4, -0.2) is 49.7 Å². The first-order chi connectivity index (χ1) is 19.0. The van der Waals surface area contributed by atoms with Gasteiger partial charge in [0, 0.05) is 17.3 Å². The summed E-state index contributed by atoms with van der Waals surface area (Å²) < 4.78 is 16.7. The second-order valence-electron chi connectivity index (χ2n) is 9.80. The molecule has 0 radical (unpaired) electrons. The molecule has 12 heteroatoms. The monoisotopic (exact) mass is 565 g/mol. The molecule has 3 aromatic rings. The predicted molar refractivity (Wildman–Crippen MR) is 144 cm³/mol. The van der Waals surface area contributed by atoms with Gasteiger partial charge in [-0.05, 0) is 58.3 Å². The van der Waals surface area contributed by atoms with E-state index in [0.717, 1.165) is 0 Å². The Morgan fingerprint density at radius 3 is 2.62 bits per heavy atom. The average Bonchev–Trinajstić information content (AvgIpc) is 3.65. The maximum Gasteiger partial charge on any atom is 0.249 e. The molecule has 2 aliphatic rings. The third-order valence-corrected chi connectivity index (χ3v) is 7.89.